The van der Waals surface area contributed by atoms with Gasteiger partial charge in [0.15, 0.2) is 0 Å². The summed E-state index contributed by atoms with van der Waals surface area (Å²) in [4.78, 5) is 15.2. The molecule has 2 aromatic rings. The fourth-order valence-corrected chi connectivity index (χ4v) is 3.19. The molecule has 0 aliphatic carbocycles. The second-order valence-electron chi connectivity index (χ2n) is 4.40. The number of pyridine rings is 1. The average Bonchev–Trinajstić information content (AvgIpc) is 2.46. The van der Waals surface area contributed by atoms with Gasteiger partial charge in [0.1, 0.15) is 5.25 Å². The topological polar surface area (TPSA) is 67.3 Å². The number of hydrogen-bond donors (Lipinski definition) is 1. The lowest BCUT2D eigenvalue weighted by molar-refractivity contribution is -0.136. The van der Waals surface area contributed by atoms with Crippen molar-refractivity contribution >= 4 is 16.8 Å². The molecule has 2 atom stereocenters. The second-order valence-corrected chi connectivity index (χ2v) is 6.02. The van der Waals surface area contributed by atoms with Gasteiger partial charge >= 0.3 is 5.97 Å². The Morgan fingerprint density at radius 3 is 2.35 bits per heavy atom. The summed E-state index contributed by atoms with van der Waals surface area (Å²) < 4.78 is 12.3. The van der Waals surface area contributed by atoms with Crippen LogP contribution in [0.2, 0.25) is 0 Å². The molecule has 0 saturated heterocycles. The van der Waals surface area contributed by atoms with E-state index in [1.807, 2.05) is 30.3 Å². The molecule has 0 aliphatic rings. The van der Waals surface area contributed by atoms with E-state index in [1.165, 1.54) is 0 Å². The normalized spacial score (nSPS) is 13.6. The van der Waals surface area contributed by atoms with E-state index in [0.717, 1.165) is 11.1 Å². The van der Waals surface area contributed by atoms with Crippen LogP contribution in [0.1, 0.15) is 11.1 Å². The van der Waals surface area contributed by atoms with Crippen LogP contribution in [0.4, 0.5) is 0 Å². The van der Waals surface area contributed by atoms with E-state index in [0.29, 0.717) is 0 Å². The summed E-state index contributed by atoms with van der Waals surface area (Å²) in [6.07, 6.45) is 3.49. The molecule has 0 aliphatic heterocycles. The largest absolute Gasteiger partial charge is 0.480 e. The molecule has 104 valence electrons. The molecule has 20 heavy (non-hydrogen) atoms. The standard InChI is InChI=1S/C15H15NO3S/c17-15(18)14(10-12-4-2-1-3-5-12)20(19)11-13-6-8-16-9-7-13/h1-9,14H,10-11H2,(H,17,18). The molecule has 0 spiro atoms. The van der Waals surface area contributed by atoms with E-state index in [9.17, 15) is 14.1 Å². The first kappa shape index (κ1) is 14.4. The Balaban J connectivity index is 2.09. The molecule has 0 saturated carbocycles. The predicted octanol–water partition coefficient (Wildman–Crippen LogP) is 2.03. The number of carboxylic acids is 1. The van der Waals surface area contributed by atoms with Gasteiger partial charge in [0.25, 0.3) is 0 Å². The Hall–Kier alpha value is -2.01. The quantitative estimate of drug-likeness (QED) is 0.883. The van der Waals surface area contributed by atoms with Gasteiger partial charge in [0.2, 0.25) is 0 Å². The van der Waals surface area contributed by atoms with Crippen molar-refractivity contribution in [2.24, 2.45) is 0 Å². The molecule has 1 heterocycles. The summed E-state index contributed by atoms with van der Waals surface area (Å²) >= 11 is 0. The van der Waals surface area contributed by atoms with Gasteiger partial charge in [-0.1, -0.05) is 30.3 Å². The number of hydrogen-bond acceptors (Lipinski definition) is 3. The minimum atomic E-state index is -1.47. The van der Waals surface area contributed by atoms with Crippen LogP contribution in [0, 0.1) is 0 Å². The Bertz CT molecular complexity index is 587. The Labute approximate surface area is 119 Å². The molecule has 0 bridgehead atoms. The SMILES string of the molecule is O=C(O)C(Cc1ccccc1)S(=O)Cc1ccncc1. The molecule has 0 radical (unpaired) electrons. The number of carboxylic acid groups (broad SMARTS) is 1. The first-order valence-electron chi connectivity index (χ1n) is 6.19. The Kier molecular flexibility index (Phi) is 5.01. The minimum Gasteiger partial charge on any atom is -0.480 e. The van der Waals surface area contributed by atoms with Crippen molar-refractivity contribution in [3.63, 3.8) is 0 Å². The zero-order valence-corrected chi connectivity index (χ0v) is 11.6. The highest BCUT2D eigenvalue weighted by atomic mass is 32.2. The van der Waals surface area contributed by atoms with Gasteiger partial charge in [-0.15, -0.1) is 0 Å². The van der Waals surface area contributed by atoms with E-state index in [4.69, 9.17) is 0 Å². The van der Waals surface area contributed by atoms with Crippen molar-refractivity contribution < 1.29 is 14.1 Å². The maximum absolute atomic E-state index is 12.3. The highest BCUT2D eigenvalue weighted by Crippen LogP contribution is 2.12. The highest BCUT2D eigenvalue weighted by molar-refractivity contribution is 7.85. The van der Waals surface area contributed by atoms with Crippen molar-refractivity contribution in [3.05, 3.63) is 66.0 Å². The fraction of sp³-hybridized carbons (Fsp3) is 0.200. The van der Waals surface area contributed by atoms with Crippen molar-refractivity contribution in [3.8, 4) is 0 Å². The lowest BCUT2D eigenvalue weighted by Crippen LogP contribution is -2.29. The summed E-state index contributed by atoms with van der Waals surface area (Å²) in [5, 5.41) is 8.38. The smallest absolute Gasteiger partial charge is 0.319 e. The summed E-state index contributed by atoms with van der Waals surface area (Å²) in [6.45, 7) is 0. The number of carbonyl (C=O) groups is 1. The molecule has 4 nitrogen and oxygen atoms in total. The zero-order valence-electron chi connectivity index (χ0n) is 10.8. The van der Waals surface area contributed by atoms with Gasteiger partial charge in [0, 0.05) is 28.9 Å². The van der Waals surface area contributed by atoms with Crippen LogP contribution in [-0.2, 0) is 27.8 Å². The van der Waals surface area contributed by atoms with Crippen LogP contribution < -0.4 is 0 Å². The lowest BCUT2D eigenvalue weighted by Gasteiger charge is -2.12. The molecular weight excluding hydrogens is 274 g/mol. The van der Waals surface area contributed by atoms with E-state index >= 15 is 0 Å². The molecule has 2 unspecified atom stereocenters. The van der Waals surface area contributed by atoms with Crippen molar-refractivity contribution in [2.75, 3.05) is 0 Å². The van der Waals surface area contributed by atoms with E-state index in [2.05, 4.69) is 4.98 Å². The monoisotopic (exact) mass is 289 g/mol. The summed E-state index contributed by atoms with van der Waals surface area (Å²) in [5.74, 6) is -0.798. The summed E-state index contributed by atoms with van der Waals surface area (Å²) in [5.41, 5.74) is 1.71. The number of nitrogens with zero attached hydrogens (tertiary/aromatic N) is 1. The van der Waals surface area contributed by atoms with Crippen LogP contribution in [-0.4, -0.2) is 25.5 Å². The van der Waals surface area contributed by atoms with Gasteiger partial charge in [-0.3, -0.25) is 14.0 Å². The molecule has 0 fully saturated rings. The van der Waals surface area contributed by atoms with Crippen molar-refractivity contribution in [1.82, 2.24) is 4.98 Å². The van der Waals surface area contributed by atoms with Crippen LogP contribution in [0.25, 0.3) is 0 Å². The maximum atomic E-state index is 12.3. The highest BCUT2D eigenvalue weighted by Gasteiger charge is 2.25. The molecule has 5 heteroatoms. The molecule has 1 aromatic heterocycles. The van der Waals surface area contributed by atoms with E-state index < -0.39 is 22.0 Å². The third kappa shape index (κ3) is 3.99. The molecule has 0 amide bonds. The summed E-state index contributed by atoms with van der Waals surface area (Å²) in [6, 6.07) is 12.8. The Morgan fingerprint density at radius 2 is 1.75 bits per heavy atom. The predicted molar refractivity (Wildman–Crippen MR) is 77.7 cm³/mol. The van der Waals surface area contributed by atoms with Crippen LogP contribution in [0.5, 0.6) is 0 Å². The molecular formula is C15H15NO3S. The van der Waals surface area contributed by atoms with Gasteiger partial charge < -0.3 is 5.11 Å². The summed E-state index contributed by atoms with van der Waals surface area (Å²) in [7, 11) is -1.47. The third-order valence-electron chi connectivity index (χ3n) is 2.91. The second kappa shape index (κ2) is 6.96. The maximum Gasteiger partial charge on any atom is 0.319 e. The fourth-order valence-electron chi connectivity index (χ4n) is 1.86. The zero-order chi connectivity index (χ0) is 14.4. The third-order valence-corrected chi connectivity index (χ3v) is 4.54. The Morgan fingerprint density at radius 1 is 1.10 bits per heavy atom. The number of rotatable bonds is 6. The minimum absolute atomic E-state index is 0.228. The van der Waals surface area contributed by atoms with Gasteiger partial charge in [-0.2, -0.15) is 0 Å². The van der Waals surface area contributed by atoms with Gasteiger partial charge in [-0.05, 0) is 29.7 Å². The number of aliphatic carboxylic acids is 1. The van der Waals surface area contributed by atoms with E-state index in [-0.39, 0.29) is 12.2 Å². The lowest BCUT2D eigenvalue weighted by atomic mass is 10.1. The molecule has 1 N–H and O–H groups in total. The first-order valence-corrected chi connectivity index (χ1v) is 7.58. The van der Waals surface area contributed by atoms with Crippen molar-refractivity contribution in [1.29, 1.82) is 0 Å². The van der Waals surface area contributed by atoms with Crippen LogP contribution in [0.15, 0.2) is 54.9 Å². The number of benzene rings is 1. The van der Waals surface area contributed by atoms with Crippen molar-refractivity contribution in [2.45, 2.75) is 17.4 Å². The van der Waals surface area contributed by atoms with Crippen LogP contribution in [0.3, 0.4) is 0 Å². The average molecular weight is 289 g/mol. The molecule has 2 rings (SSSR count). The first-order chi connectivity index (χ1) is 9.66. The number of aromatic nitrogens is 1. The van der Waals surface area contributed by atoms with Gasteiger partial charge in [0.05, 0.1) is 0 Å². The van der Waals surface area contributed by atoms with Gasteiger partial charge in [-0.25, -0.2) is 0 Å². The van der Waals surface area contributed by atoms with Crippen LogP contribution >= 0.6 is 0 Å². The molecule has 1 aromatic carbocycles. The van der Waals surface area contributed by atoms with E-state index in [1.54, 1.807) is 24.5 Å².